The smallest absolute Gasteiger partial charge is 0.119 e. The first-order valence-electron chi connectivity index (χ1n) is 7.53. The Kier molecular flexibility index (Phi) is 6.64. The molecule has 0 unspecified atom stereocenters. The summed E-state index contributed by atoms with van der Waals surface area (Å²) in [7, 11) is 2.16. The molecule has 3 nitrogen and oxygen atoms in total. The molecule has 112 valence electrons. The third kappa shape index (κ3) is 5.70. The quantitative estimate of drug-likeness (QED) is 0.769. The average Bonchev–Trinajstić information content (AvgIpc) is 2.48. The molecule has 0 radical (unpaired) electrons. The van der Waals surface area contributed by atoms with Crippen LogP contribution >= 0.6 is 11.6 Å². The van der Waals surface area contributed by atoms with E-state index in [2.05, 4.69) is 16.8 Å². The van der Waals surface area contributed by atoms with E-state index in [1.54, 1.807) is 0 Å². The third-order valence-electron chi connectivity index (χ3n) is 3.80. The highest BCUT2D eigenvalue weighted by Gasteiger charge is 2.10. The third-order valence-corrected chi connectivity index (χ3v) is 4.05. The van der Waals surface area contributed by atoms with Crippen molar-refractivity contribution in [2.24, 2.45) is 0 Å². The lowest BCUT2D eigenvalue weighted by molar-refractivity contribution is 0.181. The van der Waals surface area contributed by atoms with Crippen LogP contribution in [0, 0.1) is 0 Å². The highest BCUT2D eigenvalue weighted by atomic mass is 35.5. The molecule has 0 aromatic heterocycles. The second-order valence-electron chi connectivity index (χ2n) is 5.51. The molecule has 1 aliphatic rings. The van der Waals surface area contributed by atoms with Gasteiger partial charge in [0, 0.05) is 24.7 Å². The molecule has 0 atom stereocenters. The second-order valence-corrected chi connectivity index (χ2v) is 5.94. The number of nitrogens with zero attached hydrogens (tertiary/aromatic N) is 2. The zero-order valence-corrected chi connectivity index (χ0v) is 13.1. The minimum atomic E-state index is 0.720. The van der Waals surface area contributed by atoms with Gasteiger partial charge >= 0.3 is 0 Å². The van der Waals surface area contributed by atoms with Gasteiger partial charge in [-0.25, -0.2) is 0 Å². The average molecular weight is 297 g/mol. The molecule has 0 aliphatic carbocycles. The van der Waals surface area contributed by atoms with Crippen molar-refractivity contribution in [3.05, 3.63) is 29.3 Å². The Labute approximate surface area is 127 Å². The SMILES string of the molecule is CN(CCOc1ccc(Cl)cc1)CCN1CCCCC1. The van der Waals surface area contributed by atoms with Crippen molar-refractivity contribution in [1.82, 2.24) is 9.80 Å². The summed E-state index contributed by atoms with van der Waals surface area (Å²) in [6.45, 7) is 6.51. The number of piperidine rings is 1. The van der Waals surface area contributed by atoms with Crippen LogP contribution in [0.1, 0.15) is 19.3 Å². The van der Waals surface area contributed by atoms with Crippen molar-refractivity contribution in [1.29, 1.82) is 0 Å². The maximum atomic E-state index is 5.84. The molecule has 0 N–H and O–H groups in total. The first-order valence-corrected chi connectivity index (χ1v) is 7.91. The van der Waals surface area contributed by atoms with Crippen molar-refractivity contribution in [2.45, 2.75) is 19.3 Å². The molecule has 4 heteroatoms. The maximum Gasteiger partial charge on any atom is 0.119 e. The summed E-state index contributed by atoms with van der Waals surface area (Å²) < 4.78 is 5.71. The molecule has 1 heterocycles. The van der Waals surface area contributed by atoms with E-state index >= 15 is 0 Å². The van der Waals surface area contributed by atoms with Crippen LogP contribution in [-0.2, 0) is 0 Å². The van der Waals surface area contributed by atoms with E-state index in [1.807, 2.05) is 24.3 Å². The molecule has 1 fully saturated rings. The van der Waals surface area contributed by atoms with Crippen molar-refractivity contribution >= 4 is 11.6 Å². The van der Waals surface area contributed by atoms with Gasteiger partial charge in [-0.1, -0.05) is 18.0 Å². The highest BCUT2D eigenvalue weighted by Crippen LogP contribution is 2.15. The predicted octanol–water partition coefficient (Wildman–Crippen LogP) is 3.14. The Morgan fingerprint density at radius 2 is 1.80 bits per heavy atom. The fourth-order valence-electron chi connectivity index (χ4n) is 2.46. The Morgan fingerprint density at radius 1 is 1.10 bits per heavy atom. The molecule has 1 saturated heterocycles. The summed E-state index contributed by atoms with van der Waals surface area (Å²) in [5, 5.41) is 0.746. The predicted molar refractivity (Wildman–Crippen MR) is 84.7 cm³/mol. The molecular weight excluding hydrogens is 272 g/mol. The van der Waals surface area contributed by atoms with Gasteiger partial charge in [-0.2, -0.15) is 0 Å². The number of rotatable bonds is 7. The largest absolute Gasteiger partial charge is 0.492 e. The van der Waals surface area contributed by atoms with Crippen LogP contribution in [0.15, 0.2) is 24.3 Å². The molecule has 1 aromatic carbocycles. The maximum absolute atomic E-state index is 5.84. The van der Waals surface area contributed by atoms with Gasteiger partial charge in [-0.3, -0.25) is 0 Å². The fourth-order valence-corrected chi connectivity index (χ4v) is 2.58. The lowest BCUT2D eigenvalue weighted by Gasteiger charge is -2.28. The molecule has 1 aliphatic heterocycles. The van der Waals surface area contributed by atoms with E-state index in [4.69, 9.17) is 16.3 Å². The molecule has 0 spiro atoms. The molecule has 20 heavy (non-hydrogen) atoms. The molecule has 0 amide bonds. The molecular formula is C16H25ClN2O. The van der Waals surface area contributed by atoms with E-state index < -0.39 is 0 Å². The van der Waals surface area contributed by atoms with Crippen molar-refractivity contribution in [3.8, 4) is 5.75 Å². The molecule has 0 saturated carbocycles. The van der Waals surface area contributed by atoms with Crippen LogP contribution in [0.3, 0.4) is 0 Å². The standard InChI is InChI=1S/C16H25ClN2O/c1-18(11-12-19-9-3-2-4-10-19)13-14-20-16-7-5-15(17)6-8-16/h5-8H,2-4,9-14H2,1H3. The number of likely N-dealkylation sites (N-methyl/N-ethyl adjacent to an activating group) is 1. The van der Waals surface area contributed by atoms with E-state index in [0.717, 1.165) is 30.5 Å². The van der Waals surface area contributed by atoms with Gasteiger partial charge < -0.3 is 14.5 Å². The first kappa shape index (κ1) is 15.6. The van der Waals surface area contributed by atoms with Crippen LogP contribution in [0.5, 0.6) is 5.75 Å². The number of likely N-dealkylation sites (tertiary alicyclic amines) is 1. The zero-order chi connectivity index (χ0) is 14.2. The molecule has 2 rings (SSSR count). The van der Waals surface area contributed by atoms with E-state index in [0.29, 0.717) is 0 Å². The topological polar surface area (TPSA) is 15.7 Å². The Morgan fingerprint density at radius 3 is 2.50 bits per heavy atom. The summed E-state index contributed by atoms with van der Waals surface area (Å²) in [4.78, 5) is 4.91. The summed E-state index contributed by atoms with van der Waals surface area (Å²) in [6, 6.07) is 7.54. The van der Waals surface area contributed by atoms with E-state index in [1.165, 1.54) is 38.9 Å². The van der Waals surface area contributed by atoms with Crippen LogP contribution < -0.4 is 4.74 Å². The van der Waals surface area contributed by atoms with Crippen LogP contribution in [0.4, 0.5) is 0 Å². The van der Waals surface area contributed by atoms with Crippen molar-refractivity contribution in [2.75, 3.05) is 46.4 Å². The summed E-state index contributed by atoms with van der Waals surface area (Å²) in [5.41, 5.74) is 0. The normalized spacial score (nSPS) is 16.6. The van der Waals surface area contributed by atoms with Gasteiger partial charge in [-0.15, -0.1) is 0 Å². The monoisotopic (exact) mass is 296 g/mol. The zero-order valence-electron chi connectivity index (χ0n) is 12.4. The minimum Gasteiger partial charge on any atom is -0.492 e. The summed E-state index contributed by atoms with van der Waals surface area (Å²) >= 11 is 5.84. The van der Waals surface area contributed by atoms with Gasteiger partial charge in [0.2, 0.25) is 0 Å². The van der Waals surface area contributed by atoms with Gasteiger partial charge in [0.25, 0.3) is 0 Å². The molecule has 0 bridgehead atoms. The lowest BCUT2D eigenvalue weighted by Crippen LogP contribution is -2.37. The fraction of sp³-hybridized carbons (Fsp3) is 0.625. The highest BCUT2D eigenvalue weighted by molar-refractivity contribution is 6.30. The first-order chi connectivity index (χ1) is 9.74. The van der Waals surface area contributed by atoms with E-state index in [-0.39, 0.29) is 0 Å². The van der Waals surface area contributed by atoms with Crippen molar-refractivity contribution < 1.29 is 4.74 Å². The van der Waals surface area contributed by atoms with Gasteiger partial charge in [0.05, 0.1) is 0 Å². The number of hydrogen-bond donors (Lipinski definition) is 0. The van der Waals surface area contributed by atoms with Crippen LogP contribution in [-0.4, -0.2) is 56.2 Å². The summed E-state index contributed by atoms with van der Waals surface area (Å²) in [6.07, 6.45) is 4.13. The number of halogens is 1. The molecule has 1 aromatic rings. The number of benzene rings is 1. The number of ether oxygens (including phenoxy) is 1. The van der Waals surface area contributed by atoms with E-state index in [9.17, 15) is 0 Å². The Balaban J connectivity index is 1.57. The number of hydrogen-bond acceptors (Lipinski definition) is 3. The summed E-state index contributed by atoms with van der Waals surface area (Å²) in [5.74, 6) is 0.888. The lowest BCUT2D eigenvalue weighted by atomic mass is 10.1. The minimum absolute atomic E-state index is 0.720. The second kappa shape index (κ2) is 8.50. The van der Waals surface area contributed by atoms with Gasteiger partial charge in [-0.05, 0) is 57.2 Å². The van der Waals surface area contributed by atoms with Crippen molar-refractivity contribution in [3.63, 3.8) is 0 Å². The van der Waals surface area contributed by atoms with Crippen LogP contribution in [0.25, 0.3) is 0 Å². The van der Waals surface area contributed by atoms with Gasteiger partial charge in [0.15, 0.2) is 0 Å². The van der Waals surface area contributed by atoms with Crippen LogP contribution in [0.2, 0.25) is 5.02 Å². The van der Waals surface area contributed by atoms with Gasteiger partial charge in [0.1, 0.15) is 12.4 Å². The Bertz CT molecular complexity index is 377. The Hall–Kier alpha value is -0.770.